The molecule has 0 unspecified atom stereocenters. The Bertz CT molecular complexity index is 658. The van der Waals surface area contributed by atoms with Gasteiger partial charge in [0, 0.05) is 32.4 Å². The third kappa shape index (κ3) is 3.10. The molecule has 6 heteroatoms. The van der Waals surface area contributed by atoms with Crippen LogP contribution in [0.15, 0.2) is 22.7 Å². The lowest BCUT2D eigenvalue weighted by Gasteiger charge is -2.34. The molecular formula is C16H19N5O. The maximum Gasteiger partial charge on any atom is 0.208 e. The Balaban J connectivity index is 1.56. The van der Waals surface area contributed by atoms with Crippen LogP contribution in [0.1, 0.15) is 22.9 Å². The number of rotatable bonds is 3. The second kappa shape index (κ2) is 6.16. The van der Waals surface area contributed by atoms with Crippen molar-refractivity contribution in [2.75, 3.05) is 31.1 Å². The standard InChI is InChI=1S/C16H19N5O/c1-12-13(2)22-16(19-12)11-20-5-7-21(8-6-20)15-4-3-14(9-17)10-18-15/h3-4,10H,5-8,11H2,1-2H3. The zero-order chi connectivity index (χ0) is 15.5. The van der Waals surface area contributed by atoms with E-state index >= 15 is 0 Å². The minimum absolute atomic E-state index is 0.594. The summed E-state index contributed by atoms with van der Waals surface area (Å²) in [5.74, 6) is 2.62. The Hall–Kier alpha value is -2.39. The number of pyridine rings is 1. The quantitative estimate of drug-likeness (QED) is 0.861. The number of anilines is 1. The van der Waals surface area contributed by atoms with Gasteiger partial charge in [-0.25, -0.2) is 9.97 Å². The average molecular weight is 297 g/mol. The van der Waals surface area contributed by atoms with Crippen LogP contribution in [0.25, 0.3) is 0 Å². The van der Waals surface area contributed by atoms with Gasteiger partial charge in [0.15, 0.2) is 0 Å². The van der Waals surface area contributed by atoms with E-state index in [1.54, 1.807) is 6.20 Å². The van der Waals surface area contributed by atoms with Crippen LogP contribution in [0.5, 0.6) is 0 Å². The lowest BCUT2D eigenvalue weighted by molar-refractivity contribution is 0.224. The van der Waals surface area contributed by atoms with Crippen molar-refractivity contribution in [2.45, 2.75) is 20.4 Å². The number of piperazine rings is 1. The number of hydrogen-bond donors (Lipinski definition) is 0. The fourth-order valence-electron chi connectivity index (χ4n) is 2.57. The smallest absolute Gasteiger partial charge is 0.208 e. The number of hydrogen-bond acceptors (Lipinski definition) is 6. The highest BCUT2D eigenvalue weighted by molar-refractivity contribution is 5.42. The molecule has 114 valence electrons. The molecule has 0 bridgehead atoms. The van der Waals surface area contributed by atoms with Crippen molar-refractivity contribution < 1.29 is 4.42 Å². The van der Waals surface area contributed by atoms with Crippen molar-refractivity contribution in [2.24, 2.45) is 0 Å². The van der Waals surface area contributed by atoms with E-state index in [1.165, 1.54) is 0 Å². The van der Waals surface area contributed by atoms with Crippen LogP contribution < -0.4 is 4.90 Å². The van der Waals surface area contributed by atoms with Gasteiger partial charge in [0.05, 0.1) is 17.8 Å². The number of aromatic nitrogens is 2. The normalized spacial score (nSPS) is 15.8. The van der Waals surface area contributed by atoms with Crippen molar-refractivity contribution in [3.8, 4) is 6.07 Å². The molecule has 0 atom stereocenters. The summed E-state index contributed by atoms with van der Waals surface area (Å²) in [4.78, 5) is 13.4. The summed E-state index contributed by atoms with van der Waals surface area (Å²) < 4.78 is 5.64. The number of oxazole rings is 1. The van der Waals surface area contributed by atoms with E-state index in [-0.39, 0.29) is 0 Å². The molecule has 1 aliphatic heterocycles. The molecule has 1 saturated heterocycles. The lowest BCUT2D eigenvalue weighted by Crippen LogP contribution is -2.46. The SMILES string of the molecule is Cc1nc(CN2CCN(c3ccc(C#N)cn3)CC2)oc1C. The number of nitriles is 1. The van der Waals surface area contributed by atoms with E-state index < -0.39 is 0 Å². The molecule has 0 radical (unpaired) electrons. The number of aryl methyl sites for hydroxylation is 2. The Morgan fingerprint density at radius 2 is 2.00 bits per heavy atom. The molecule has 0 aliphatic carbocycles. The zero-order valence-corrected chi connectivity index (χ0v) is 12.9. The summed E-state index contributed by atoms with van der Waals surface area (Å²) in [6.07, 6.45) is 1.63. The van der Waals surface area contributed by atoms with Gasteiger partial charge >= 0.3 is 0 Å². The highest BCUT2D eigenvalue weighted by atomic mass is 16.4. The molecule has 6 nitrogen and oxygen atoms in total. The zero-order valence-electron chi connectivity index (χ0n) is 12.9. The van der Waals surface area contributed by atoms with Crippen molar-refractivity contribution in [1.29, 1.82) is 5.26 Å². The molecule has 2 aromatic rings. The third-order valence-electron chi connectivity index (χ3n) is 4.00. The third-order valence-corrected chi connectivity index (χ3v) is 4.00. The monoisotopic (exact) mass is 297 g/mol. The van der Waals surface area contributed by atoms with Crippen molar-refractivity contribution in [1.82, 2.24) is 14.9 Å². The maximum absolute atomic E-state index is 8.81. The minimum Gasteiger partial charge on any atom is -0.444 e. The van der Waals surface area contributed by atoms with Crippen molar-refractivity contribution in [3.63, 3.8) is 0 Å². The van der Waals surface area contributed by atoms with Gasteiger partial charge in [-0.1, -0.05) is 0 Å². The lowest BCUT2D eigenvalue weighted by atomic mass is 10.2. The van der Waals surface area contributed by atoms with E-state index in [2.05, 4.69) is 25.8 Å². The Kier molecular flexibility index (Phi) is 4.07. The van der Waals surface area contributed by atoms with Crippen molar-refractivity contribution in [3.05, 3.63) is 41.2 Å². The molecule has 0 spiro atoms. The first-order chi connectivity index (χ1) is 10.7. The fourth-order valence-corrected chi connectivity index (χ4v) is 2.57. The highest BCUT2D eigenvalue weighted by Crippen LogP contribution is 2.16. The van der Waals surface area contributed by atoms with Crippen LogP contribution in [0.4, 0.5) is 5.82 Å². The van der Waals surface area contributed by atoms with Gasteiger partial charge in [-0.2, -0.15) is 5.26 Å². The van der Waals surface area contributed by atoms with Crippen molar-refractivity contribution >= 4 is 5.82 Å². The van der Waals surface area contributed by atoms with Gasteiger partial charge < -0.3 is 9.32 Å². The maximum atomic E-state index is 8.81. The van der Waals surface area contributed by atoms with Gasteiger partial charge in [0.1, 0.15) is 17.6 Å². The second-order valence-corrected chi connectivity index (χ2v) is 5.53. The summed E-state index contributed by atoms with van der Waals surface area (Å²) >= 11 is 0. The molecule has 2 aromatic heterocycles. The molecule has 0 N–H and O–H groups in total. The molecule has 0 saturated carbocycles. The number of nitrogens with zero attached hydrogens (tertiary/aromatic N) is 5. The largest absolute Gasteiger partial charge is 0.444 e. The molecule has 22 heavy (non-hydrogen) atoms. The predicted octanol–water partition coefficient (Wildman–Crippen LogP) is 1.88. The highest BCUT2D eigenvalue weighted by Gasteiger charge is 2.19. The molecule has 3 rings (SSSR count). The van der Waals surface area contributed by atoms with Crippen LogP contribution in [0.2, 0.25) is 0 Å². The van der Waals surface area contributed by atoms with Crippen LogP contribution >= 0.6 is 0 Å². The van der Waals surface area contributed by atoms with Crippen LogP contribution in [-0.2, 0) is 6.54 Å². The van der Waals surface area contributed by atoms with E-state index in [4.69, 9.17) is 9.68 Å². The Morgan fingerprint density at radius 1 is 1.23 bits per heavy atom. The average Bonchev–Trinajstić information content (AvgIpc) is 2.86. The van der Waals surface area contributed by atoms with Gasteiger partial charge in [-0.15, -0.1) is 0 Å². The van der Waals surface area contributed by atoms with Gasteiger partial charge in [-0.3, -0.25) is 4.90 Å². The minimum atomic E-state index is 0.594. The van der Waals surface area contributed by atoms with E-state index in [0.717, 1.165) is 55.9 Å². The summed E-state index contributed by atoms with van der Waals surface area (Å²) in [6, 6.07) is 5.82. The van der Waals surface area contributed by atoms with Crippen LogP contribution in [0.3, 0.4) is 0 Å². The molecule has 1 fully saturated rings. The molecule has 0 amide bonds. The van der Waals surface area contributed by atoms with Gasteiger partial charge in [0.25, 0.3) is 0 Å². The molecular weight excluding hydrogens is 278 g/mol. The second-order valence-electron chi connectivity index (χ2n) is 5.53. The Morgan fingerprint density at radius 3 is 2.55 bits per heavy atom. The van der Waals surface area contributed by atoms with E-state index in [0.29, 0.717) is 5.56 Å². The summed E-state index contributed by atoms with van der Waals surface area (Å²) in [6.45, 7) is 8.39. The van der Waals surface area contributed by atoms with Crippen LogP contribution in [-0.4, -0.2) is 41.0 Å². The van der Waals surface area contributed by atoms with Gasteiger partial charge in [0.2, 0.25) is 5.89 Å². The predicted molar refractivity (Wildman–Crippen MR) is 82.4 cm³/mol. The van der Waals surface area contributed by atoms with E-state index in [9.17, 15) is 0 Å². The Labute approximate surface area is 130 Å². The first-order valence-corrected chi connectivity index (χ1v) is 7.42. The molecule has 1 aliphatic rings. The van der Waals surface area contributed by atoms with E-state index in [1.807, 2.05) is 26.0 Å². The molecule has 3 heterocycles. The summed E-state index contributed by atoms with van der Waals surface area (Å²) in [7, 11) is 0. The summed E-state index contributed by atoms with van der Waals surface area (Å²) in [5, 5.41) is 8.81. The molecule has 0 aromatic carbocycles. The first kappa shape index (κ1) is 14.5. The fraction of sp³-hybridized carbons (Fsp3) is 0.438. The first-order valence-electron chi connectivity index (χ1n) is 7.42. The summed E-state index contributed by atoms with van der Waals surface area (Å²) in [5.41, 5.74) is 1.56. The van der Waals surface area contributed by atoms with Crippen LogP contribution in [0, 0.1) is 25.2 Å². The topological polar surface area (TPSA) is 69.2 Å². The van der Waals surface area contributed by atoms with Gasteiger partial charge in [-0.05, 0) is 26.0 Å².